The molecule has 0 saturated heterocycles. The van der Waals surface area contributed by atoms with Crippen LogP contribution in [0.5, 0.6) is 0 Å². The molecule has 0 unspecified atom stereocenters. The second kappa shape index (κ2) is 7.76. The zero-order valence-corrected chi connectivity index (χ0v) is 11.6. The number of hydrogen-bond acceptors (Lipinski definition) is 2. The molecule has 0 heterocycles. The van der Waals surface area contributed by atoms with Crippen LogP contribution in [-0.2, 0) is 0 Å². The maximum atomic E-state index is 12.3. The van der Waals surface area contributed by atoms with E-state index in [1.807, 2.05) is 48.4 Å². The van der Waals surface area contributed by atoms with Crippen molar-refractivity contribution in [3.63, 3.8) is 0 Å². The molecule has 0 aromatic heterocycles. The Labute approximate surface area is 119 Å². The summed E-state index contributed by atoms with van der Waals surface area (Å²) in [4.78, 5) is 4.99. The molecule has 102 valence electrons. The maximum Gasteiger partial charge on any atom is 0.264 e. The van der Waals surface area contributed by atoms with Gasteiger partial charge in [-0.15, -0.1) is 0 Å². The third-order valence-corrected chi connectivity index (χ3v) is 2.87. The minimum Gasteiger partial charge on any atom is -0.372 e. The average molecular weight is 268 g/mol. The van der Waals surface area contributed by atoms with Crippen molar-refractivity contribution in [1.29, 1.82) is 5.26 Å². The fourth-order valence-electron chi connectivity index (χ4n) is 1.60. The van der Waals surface area contributed by atoms with E-state index in [1.165, 1.54) is 0 Å². The molecule has 1 rings (SSSR count). The summed E-state index contributed by atoms with van der Waals surface area (Å²) in [5, 5.41) is 8.75. The number of nitrogens with zero attached hydrogens (tertiary/aromatic N) is 3. The molecule has 0 N–H and O–H groups in total. The molecule has 4 heteroatoms. The Morgan fingerprint density at radius 1 is 1.45 bits per heavy atom. The standard InChI is InChI=1S/C16H16FN3/c1-13(16(12-18)19-2)4-5-14-6-8-15(9-7-14)20(3)11-10-17/h4-9H,10-11H2,1,3H3/b5-4+,16-13-/i17-1. The second-order valence-corrected chi connectivity index (χ2v) is 4.29. The Morgan fingerprint density at radius 2 is 2.10 bits per heavy atom. The van der Waals surface area contributed by atoms with Crippen molar-refractivity contribution in [3.8, 4) is 6.07 Å². The van der Waals surface area contributed by atoms with Gasteiger partial charge >= 0.3 is 0 Å². The van der Waals surface area contributed by atoms with Gasteiger partial charge in [0, 0.05) is 19.3 Å². The molecule has 0 spiro atoms. The van der Waals surface area contributed by atoms with Gasteiger partial charge in [-0.2, -0.15) is 0 Å². The first kappa shape index (κ1) is 15.5. The van der Waals surface area contributed by atoms with Crippen LogP contribution in [0.4, 0.5) is 10.1 Å². The Balaban J connectivity index is 2.84. The molecule has 0 bridgehead atoms. The van der Waals surface area contributed by atoms with E-state index in [1.54, 1.807) is 13.0 Å². The first-order valence-corrected chi connectivity index (χ1v) is 6.16. The smallest absolute Gasteiger partial charge is 0.264 e. The Hall–Kier alpha value is -2.59. The molecular formula is C16H16FN3. The van der Waals surface area contributed by atoms with Gasteiger partial charge in [0.25, 0.3) is 5.70 Å². The van der Waals surface area contributed by atoms with E-state index in [2.05, 4.69) is 4.85 Å². The molecule has 0 amide bonds. The third-order valence-electron chi connectivity index (χ3n) is 2.87. The highest BCUT2D eigenvalue weighted by atomic mass is 18.2. The summed E-state index contributed by atoms with van der Waals surface area (Å²) in [5.74, 6) is 0. The van der Waals surface area contributed by atoms with Crippen molar-refractivity contribution < 1.29 is 4.39 Å². The second-order valence-electron chi connectivity index (χ2n) is 4.29. The molecule has 1 aromatic rings. The van der Waals surface area contributed by atoms with Gasteiger partial charge in [0.05, 0.1) is 12.6 Å². The van der Waals surface area contributed by atoms with Gasteiger partial charge in [-0.1, -0.05) is 24.3 Å². The Kier molecular flexibility index (Phi) is 6.00. The Bertz CT molecular complexity index is 570. The molecular weight excluding hydrogens is 252 g/mol. The first-order chi connectivity index (χ1) is 9.62. The number of anilines is 1. The molecule has 0 aliphatic carbocycles. The molecule has 0 aliphatic rings. The van der Waals surface area contributed by atoms with Crippen LogP contribution >= 0.6 is 0 Å². The zero-order valence-electron chi connectivity index (χ0n) is 11.6. The van der Waals surface area contributed by atoms with Crippen molar-refractivity contribution >= 4 is 11.8 Å². The SMILES string of the molecule is [C-]#[N+]/C(C#N)=C(C)\C=C\c1ccc(N(C)CC[18F])cc1. The summed E-state index contributed by atoms with van der Waals surface area (Å²) >= 11 is 0. The molecule has 3 nitrogen and oxygen atoms in total. The predicted octanol–water partition coefficient (Wildman–Crippen LogP) is 3.82. The fraction of sp³-hybridized carbons (Fsp3) is 0.250. The highest BCUT2D eigenvalue weighted by molar-refractivity contribution is 5.58. The number of alkyl halides is 1. The molecule has 0 saturated carbocycles. The summed E-state index contributed by atoms with van der Waals surface area (Å²) in [6, 6.07) is 9.51. The van der Waals surface area contributed by atoms with Crippen molar-refractivity contribution in [2.24, 2.45) is 0 Å². The number of allylic oxidation sites excluding steroid dienone is 3. The molecule has 0 radical (unpaired) electrons. The van der Waals surface area contributed by atoms with Gasteiger partial charge in [-0.3, -0.25) is 0 Å². The van der Waals surface area contributed by atoms with Crippen LogP contribution in [0.25, 0.3) is 10.9 Å². The van der Waals surface area contributed by atoms with E-state index in [-0.39, 0.29) is 12.4 Å². The number of rotatable bonds is 5. The van der Waals surface area contributed by atoms with Gasteiger partial charge in [0.2, 0.25) is 0 Å². The topological polar surface area (TPSA) is 31.4 Å². The van der Waals surface area contributed by atoms with E-state index in [0.29, 0.717) is 12.1 Å². The van der Waals surface area contributed by atoms with Crippen molar-refractivity contribution in [2.75, 3.05) is 25.2 Å². The summed E-state index contributed by atoms with van der Waals surface area (Å²) in [6.07, 6.45) is 3.59. The van der Waals surface area contributed by atoms with E-state index in [9.17, 15) is 4.39 Å². The van der Waals surface area contributed by atoms with Crippen LogP contribution < -0.4 is 4.90 Å². The van der Waals surface area contributed by atoms with Crippen molar-refractivity contribution in [2.45, 2.75) is 6.92 Å². The van der Waals surface area contributed by atoms with Crippen LogP contribution in [-0.4, -0.2) is 20.3 Å². The minimum atomic E-state index is -0.379. The molecule has 1 aromatic carbocycles. The summed E-state index contributed by atoms with van der Waals surface area (Å²) in [7, 11) is 1.84. The van der Waals surface area contributed by atoms with Crippen LogP contribution in [0, 0.1) is 17.9 Å². The van der Waals surface area contributed by atoms with Crippen LogP contribution in [0.3, 0.4) is 0 Å². The fourth-order valence-corrected chi connectivity index (χ4v) is 1.60. The lowest BCUT2D eigenvalue weighted by Gasteiger charge is -2.17. The minimum absolute atomic E-state index is 0.0977. The van der Waals surface area contributed by atoms with Gasteiger partial charge < -0.3 is 4.90 Å². The molecule has 0 atom stereocenters. The lowest BCUT2D eigenvalue weighted by atomic mass is 10.1. The Morgan fingerprint density at radius 3 is 2.60 bits per heavy atom. The largest absolute Gasteiger partial charge is 0.372 e. The molecule has 20 heavy (non-hydrogen) atoms. The maximum absolute atomic E-state index is 12.3. The lowest BCUT2D eigenvalue weighted by molar-refractivity contribution is 0.497. The quantitative estimate of drug-likeness (QED) is 0.462. The molecule has 0 fully saturated rings. The zero-order chi connectivity index (χ0) is 15.0. The van der Waals surface area contributed by atoms with E-state index in [0.717, 1.165) is 11.3 Å². The summed E-state index contributed by atoms with van der Waals surface area (Å²) in [5.41, 5.74) is 2.65. The number of benzene rings is 1. The van der Waals surface area contributed by atoms with Crippen LogP contribution in [0.15, 0.2) is 41.6 Å². The van der Waals surface area contributed by atoms with Gasteiger partial charge in [-0.05, 0) is 30.2 Å². The average Bonchev–Trinajstić information content (AvgIpc) is 2.47. The number of halogens is 1. The van der Waals surface area contributed by atoms with Gasteiger partial charge in [0.1, 0.15) is 6.67 Å². The van der Waals surface area contributed by atoms with Crippen molar-refractivity contribution in [3.05, 3.63) is 58.6 Å². The van der Waals surface area contributed by atoms with Gasteiger partial charge in [0.15, 0.2) is 0 Å². The van der Waals surface area contributed by atoms with E-state index >= 15 is 0 Å². The number of hydrogen-bond donors (Lipinski definition) is 0. The lowest BCUT2D eigenvalue weighted by Crippen LogP contribution is -2.19. The van der Waals surface area contributed by atoms with Gasteiger partial charge in [-0.25, -0.2) is 14.5 Å². The van der Waals surface area contributed by atoms with E-state index < -0.39 is 0 Å². The first-order valence-electron chi connectivity index (χ1n) is 6.16. The van der Waals surface area contributed by atoms with Crippen LogP contribution in [0.1, 0.15) is 12.5 Å². The monoisotopic (exact) mass is 268 g/mol. The third kappa shape index (κ3) is 4.26. The highest BCUT2D eigenvalue weighted by Gasteiger charge is 2.00. The number of nitriles is 1. The van der Waals surface area contributed by atoms with E-state index in [4.69, 9.17) is 11.8 Å². The van der Waals surface area contributed by atoms with Crippen molar-refractivity contribution in [1.82, 2.24) is 0 Å². The summed E-state index contributed by atoms with van der Waals surface area (Å²) < 4.78 is 12.3. The highest BCUT2D eigenvalue weighted by Crippen LogP contribution is 2.15. The van der Waals surface area contributed by atoms with Crippen LogP contribution in [0.2, 0.25) is 0 Å². The summed E-state index contributed by atoms with van der Waals surface area (Å²) in [6.45, 7) is 8.58. The predicted molar refractivity (Wildman–Crippen MR) is 79.6 cm³/mol. The normalized spacial score (nSPS) is 11.7. The molecule has 0 aliphatic heterocycles.